The van der Waals surface area contributed by atoms with Gasteiger partial charge in [-0.15, -0.1) is 0 Å². The fourth-order valence-corrected chi connectivity index (χ4v) is 3.99. The molecule has 0 aromatic heterocycles. The van der Waals surface area contributed by atoms with Crippen molar-refractivity contribution in [3.8, 4) is 0 Å². The van der Waals surface area contributed by atoms with E-state index in [1.165, 1.54) is 77.6 Å². The lowest BCUT2D eigenvalue weighted by molar-refractivity contribution is -0.145. The van der Waals surface area contributed by atoms with Gasteiger partial charge in [-0.05, 0) is 31.5 Å². The third kappa shape index (κ3) is 14.4. The van der Waals surface area contributed by atoms with E-state index in [0.29, 0.717) is 24.6 Å². The molecule has 0 aliphatic carbocycles. The van der Waals surface area contributed by atoms with Crippen molar-refractivity contribution in [3.05, 3.63) is 35.1 Å². The van der Waals surface area contributed by atoms with Crippen molar-refractivity contribution in [2.45, 2.75) is 122 Å². The number of ether oxygens (including phenoxy) is 1. The summed E-state index contributed by atoms with van der Waals surface area (Å²) in [6.07, 6.45) is 13.7. The smallest absolute Gasteiger partial charge is 0.416 e. The molecule has 1 aromatic carbocycles. The molecular weight excluding hydrogens is 474 g/mol. The zero-order valence-corrected chi connectivity index (χ0v) is 21.9. The van der Waals surface area contributed by atoms with Gasteiger partial charge in [-0.3, -0.25) is 4.79 Å². The summed E-state index contributed by atoms with van der Waals surface area (Å²) in [6.45, 7) is 3.83. The molecule has 206 valence electrons. The first-order chi connectivity index (χ1) is 17.1. The van der Waals surface area contributed by atoms with Gasteiger partial charge in [0.15, 0.2) is 0 Å². The number of halogens is 4. The summed E-state index contributed by atoms with van der Waals surface area (Å²) in [7, 11) is 0. The van der Waals surface area contributed by atoms with E-state index < -0.39 is 41.0 Å². The maximum atomic E-state index is 13.5. The predicted octanol–water partition coefficient (Wildman–Crippen LogP) is 8.38. The largest absolute Gasteiger partial charge is 0.464 e. The van der Waals surface area contributed by atoms with Crippen LogP contribution in [0.5, 0.6) is 0 Å². The molecule has 1 N–H and O–H groups in total. The van der Waals surface area contributed by atoms with Crippen LogP contribution >= 0.6 is 0 Å². The molecule has 0 aliphatic rings. The minimum absolute atomic E-state index is 0.218. The number of hydrogen-bond donors (Lipinski definition) is 1. The van der Waals surface area contributed by atoms with E-state index in [1.807, 2.05) is 0 Å². The van der Waals surface area contributed by atoms with Crippen LogP contribution in [-0.2, 0) is 15.7 Å². The number of benzene rings is 1. The number of carbonyl (C=O) groups excluding carboxylic acids is 2. The average molecular weight is 518 g/mol. The fourth-order valence-electron chi connectivity index (χ4n) is 3.99. The number of rotatable bonds is 19. The van der Waals surface area contributed by atoms with E-state index in [1.54, 1.807) is 0 Å². The van der Waals surface area contributed by atoms with Crippen molar-refractivity contribution in [1.82, 2.24) is 5.32 Å². The van der Waals surface area contributed by atoms with E-state index in [2.05, 4.69) is 12.2 Å². The highest BCUT2D eigenvalue weighted by Crippen LogP contribution is 2.30. The highest BCUT2D eigenvalue weighted by atomic mass is 19.4. The standard InChI is InChI=1S/C28H43F4NO3/c1-3-4-5-6-7-8-9-10-11-12-13-14-15-16-17-18-36-27(35)22(2)33-26(34)23-19-24(28(30,31)32)21-25(29)20-23/h19-22H,3-18H2,1-2H3,(H,33,34). The highest BCUT2D eigenvalue weighted by molar-refractivity contribution is 5.96. The van der Waals surface area contributed by atoms with Crippen molar-refractivity contribution >= 4 is 11.9 Å². The van der Waals surface area contributed by atoms with Crippen LogP contribution in [0, 0.1) is 5.82 Å². The summed E-state index contributed by atoms with van der Waals surface area (Å²) in [5, 5.41) is 2.26. The summed E-state index contributed by atoms with van der Waals surface area (Å²) in [5.41, 5.74) is -1.78. The van der Waals surface area contributed by atoms with Crippen molar-refractivity contribution in [2.24, 2.45) is 0 Å². The molecule has 0 fully saturated rings. The molecule has 4 nitrogen and oxygen atoms in total. The van der Waals surface area contributed by atoms with Gasteiger partial charge in [0.05, 0.1) is 12.2 Å². The first-order valence-corrected chi connectivity index (χ1v) is 13.5. The van der Waals surface area contributed by atoms with Crippen LogP contribution in [0.25, 0.3) is 0 Å². The highest BCUT2D eigenvalue weighted by Gasteiger charge is 2.32. The molecule has 8 heteroatoms. The number of carbonyl (C=O) groups is 2. The molecule has 0 aliphatic heterocycles. The Kier molecular flexibility index (Phi) is 16.1. The molecule has 1 aromatic rings. The lowest BCUT2D eigenvalue weighted by Crippen LogP contribution is -2.39. The number of esters is 1. The van der Waals surface area contributed by atoms with Crippen LogP contribution in [0.1, 0.15) is 126 Å². The Morgan fingerprint density at radius 2 is 1.28 bits per heavy atom. The van der Waals surface area contributed by atoms with Gasteiger partial charge in [-0.1, -0.05) is 96.8 Å². The minimum Gasteiger partial charge on any atom is -0.464 e. The molecule has 0 radical (unpaired) electrons. The molecule has 1 atom stereocenters. The second-order valence-electron chi connectivity index (χ2n) is 9.54. The van der Waals surface area contributed by atoms with Crippen LogP contribution in [0.4, 0.5) is 17.6 Å². The fraction of sp³-hybridized carbons (Fsp3) is 0.714. The molecule has 36 heavy (non-hydrogen) atoms. The molecular formula is C28H43F4NO3. The zero-order valence-electron chi connectivity index (χ0n) is 21.9. The van der Waals surface area contributed by atoms with Gasteiger partial charge in [0.1, 0.15) is 11.9 Å². The molecule has 0 saturated carbocycles. The Labute approximate surface area is 213 Å². The SMILES string of the molecule is CCCCCCCCCCCCCCCCCOC(=O)C(C)NC(=O)c1cc(F)cc(C(F)(F)F)c1. The monoisotopic (exact) mass is 517 g/mol. The van der Waals surface area contributed by atoms with Gasteiger partial charge >= 0.3 is 12.1 Å². The number of hydrogen-bond acceptors (Lipinski definition) is 3. The normalized spacial score (nSPS) is 12.4. The summed E-state index contributed by atoms with van der Waals surface area (Å²) in [5.74, 6) is -2.84. The van der Waals surface area contributed by atoms with Crippen molar-refractivity contribution < 1.29 is 31.9 Å². The van der Waals surface area contributed by atoms with Crippen LogP contribution < -0.4 is 5.32 Å². The minimum atomic E-state index is -4.78. The number of alkyl halides is 3. The van der Waals surface area contributed by atoms with E-state index in [9.17, 15) is 27.2 Å². The Hall–Kier alpha value is -2.12. The summed E-state index contributed by atoms with van der Waals surface area (Å²) < 4.78 is 57.1. The van der Waals surface area contributed by atoms with Crippen LogP contribution in [0.15, 0.2) is 18.2 Å². The second kappa shape index (κ2) is 18.2. The van der Waals surface area contributed by atoms with E-state index in [4.69, 9.17) is 4.74 Å². The number of unbranched alkanes of at least 4 members (excludes halogenated alkanes) is 14. The Morgan fingerprint density at radius 1 is 0.806 bits per heavy atom. The molecule has 0 heterocycles. The van der Waals surface area contributed by atoms with Gasteiger partial charge in [0, 0.05) is 5.56 Å². The van der Waals surface area contributed by atoms with Gasteiger partial charge in [0.2, 0.25) is 0 Å². The van der Waals surface area contributed by atoms with Crippen molar-refractivity contribution in [1.29, 1.82) is 0 Å². The van der Waals surface area contributed by atoms with Gasteiger partial charge < -0.3 is 10.1 Å². The van der Waals surface area contributed by atoms with Crippen molar-refractivity contribution in [3.63, 3.8) is 0 Å². The average Bonchev–Trinajstić information content (AvgIpc) is 2.82. The third-order valence-corrected chi connectivity index (χ3v) is 6.18. The van der Waals surface area contributed by atoms with Crippen molar-refractivity contribution in [2.75, 3.05) is 6.61 Å². The maximum Gasteiger partial charge on any atom is 0.416 e. The van der Waals surface area contributed by atoms with E-state index >= 15 is 0 Å². The van der Waals surface area contributed by atoms with Crippen LogP contribution in [0.3, 0.4) is 0 Å². The topological polar surface area (TPSA) is 55.4 Å². The maximum absolute atomic E-state index is 13.5. The molecule has 1 amide bonds. The van der Waals surface area contributed by atoms with Gasteiger partial charge in [-0.2, -0.15) is 13.2 Å². The van der Waals surface area contributed by atoms with E-state index in [0.717, 1.165) is 19.3 Å². The molecule has 0 spiro atoms. The zero-order chi connectivity index (χ0) is 26.8. The first-order valence-electron chi connectivity index (χ1n) is 13.5. The molecule has 0 saturated heterocycles. The second-order valence-corrected chi connectivity index (χ2v) is 9.54. The number of amides is 1. The Morgan fingerprint density at radius 3 is 1.75 bits per heavy atom. The third-order valence-electron chi connectivity index (χ3n) is 6.18. The predicted molar refractivity (Wildman–Crippen MR) is 134 cm³/mol. The summed E-state index contributed by atoms with van der Waals surface area (Å²) in [6, 6.07) is 0.488. The van der Waals surface area contributed by atoms with E-state index in [-0.39, 0.29) is 6.61 Å². The number of nitrogens with one attached hydrogen (secondary N) is 1. The lowest BCUT2D eigenvalue weighted by Gasteiger charge is -2.14. The van der Waals surface area contributed by atoms with Crippen LogP contribution in [-0.4, -0.2) is 24.5 Å². The lowest BCUT2D eigenvalue weighted by atomic mass is 10.0. The Balaban J connectivity index is 2.09. The van der Waals surface area contributed by atoms with Gasteiger partial charge in [0.25, 0.3) is 5.91 Å². The quantitative estimate of drug-likeness (QED) is 0.114. The molecule has 1 rings (SSSR count). The summed E-state index contributed by atoms with van der Waals surface area (Å²) in [4.78, 5) is 24.2. The van der Waals surface area contributed by atoms with Gasteiger partial charge in [-0.25, -0.2) is 9.18 Å². The first kappa shape index (κ1) is 31.9. The van der Waals surface area contributed by atoms with Crippen LogP contribution in [0.2, 0.25) is 0 Å². The summed E-state index contributed by atoms with van der Waals surface area (Å²) >= 11 is 0. The Bertz CT molecular complexity index is 768. The molecule has 0 bridgehead atoms. The molecule has 1 unspecified atom stereocenters.